The van der Waals surface area contributed by atoms with Crippen LogP contribution in [-0.2, 0) is 42.6 Å². The number of halogens is 2. The van der Waals surface area contributed by atoms with Gasteiger partial charge in [0.05, 0.1) is 86.1 Å². The molecule has 0 fully saturated rings. The van der Waals surface area contributed by atoms with Gasteiger partial charge in [-0.05, 0) is 99.9 Å². The van der Waals surface area contributed by atoms with E-state index in [1.54, 1.807) is 122 Å². The third kappa shape index (κ3) is 15.3. The maximum Gasteiger partial charge on any atom is 2.00 e. The average Bonchev–Trinajstić information content (AvgIpc) is 4.32. The molecule has 0 bridgehead atoms. The second kappa shape index (κ2) is 29.8. The van der Waals surface area contributed by atoms with Crippen molar-refractivity contribution in [1.82, 2.24) is 9.97 Å². The predicted molar refractivity (Wildman–Crippen MR) is 312 cm³/mol. The van der Waals surface area contributed by atoms with Gasteiger partial charge >= 0.3 is 35.0 Å². The summed E-state index contributed by atoms with van der Waals surface area (Å²) < 4.78 is 89.4. The minimum absolute atomic E-state index is 0. The van der Waals surface area contributed by atoms with Crippen molar-refractivity contribution < 1.29 is 71.8 Å². The van der Waals surface area contributed by atoms with Crippen molar-refractivity contribution in [2.45, 2.75) is 22.9 Å². The fourth-order valence-corrected chi connectivity index (χ4v) is 12.9. The number of para-hydroxylation sites is 1. The Kier molecular flexibility index (Phi) is 24.0. The Balaban J connectivity index is 0.000000246. The Hall–Kier alpha value is -6.45. The molecule has 0 atom stereocenters. The normalized spacial score (nSPS) is 12.0. The van der Waals surface area contributed by atoms with E-state index in [-0.39, 0.29) is 76.3 Å². The van der Waals surface area contributed by atoms with Gasteiger partial charge in [-0.1, -0.05) is 48.5 Å². The number of ether oxygens (including phenoxy) is 6. The van der Waals surface area contributed by atoms with Crippen LogP contribution in [0.15, 0.2) is 171 Å². The van der Waals surface area contributed by atoms with Crippen molar-refractivity contribution in [2.24, 2.45) is 0 Å². The van der Waals surface area contributed by atoms with Gasteiger partial charge in [0.2, 0.25) is 0 Å². The Labute approximate surface area is 508 Å². The number of aromatic nitrogens is 2. The summed E-state index contributed by atoms with van der Waals surface area (Å²) in [5.41, 5.74) is 4.68. The first-order chi connectivity index (χ1) is 37.2. The summed E-state index contributed by atoms with van der Waals surface area (Å²) in [6, 6.07) is 38.4. The number of sulfonamides is 2. The van der Waals surface area contributed by atoms with Crippen molar-refractivity contribution in [1.29, 1.82) is 0 Å². The third-order valence-corrected chi connectivity index (χ3v) is 17.7. The number of anilines is 5. The van der Waals surface area contributed by atoms with Gasteiger partial charge in [0.15, 0.2) is 10.3 Å². The molecular formula is C55H54Br2MgN6O12S4. The van der Waals surface area contributed by atoms with Gasteiger partial charge in [0.1, 0.15) is 36.2 Å². The summed E-state index contributed by atoms with van der Waals surface area (Å²) in [4.78, 5) is 34.0. The fraction of sp³-hybridized carbons (Fsp3) is 0.182. The van der Waals surface area contributed by atoms with Crippen LogP contribution < -0.4 is 54.8 Å². The number of esters is 2. The predicted octanol–water partition coefficient (Wildman–Crippen LogP) is 7.52. The second-order valence-corrected chi connectivity index (χ2v) is 22.7. The Morgan fingerprint density at radius 1 is 0.637 bits per heavy atom. The van der Waals surface area contributed by atoms with Gasteiger partial charge in [-0.2, -0.15) is 0 Å². The number of carbonyl (C=O) groups is 2. The molecule has 2 aromatic heterocycles. The van der Waals surface area contributed by atoms with Gasteiger partial charge in [-0.15, -0.1) is 22.7 Å². The van der Waals surface area contributed by atoms with Crippen LogP contribution >= 0.6 is 38.6 Å². The number of hydrogen-bond donors (Lipinski definition) is 1. The molecule has 0 aliphatic carbocycles. The number of hydrogen-bond acceptors (Lipinski definition) is 18. The molecule has 8 aromatic rings. The monoisotopic (exact) mass is 1300 g/mol. The van der Waals surface area contributed by atoms with Crippen molar-refractivity contribution in [3.05, 3.63) is 191 Å². The molecule has 416 valence electrons. The number of nitrogens with one attached hydrogen (secondary N) is 1. The number of thiazole rings is 2. The zero-order chi connectivity index (χ0) is 54.5. The van der Waals surface area contributed by atoms with Crippen LogP contribution in [0.5, 0.6) is 23.0 Å². The number of carbonyl (C=O) groups excluding carboxylic acids is 2. The summed E-state index contributed by atoms with van der Waals surface area (Å²) >= 11 is 5.75. The van der Waals surface area contributed by atoms with E-state index in [4.69, 9.17) is 23.7 Å². The molecule has 1 N–H and O–H groups in total. The number of fused-ring (bicyclic) bond motifs is 2. The first-order valence-corrected chi connectivity index (χ1v) is 28.8. The minimum Gasteiger partial charge on any atom is -1.00 e. The summed E-state index contributed by atoms with van der Waals surface area (Å²) in [5, 5.41) is 7.45. The maximum absolute atomic E-state index is 13.9. The number of methoxy groups -OCH3 is 4. The average molecular weight is 1300 g/mol. The standard InChI is InChI=1S/C27H25N3O6S2.C19H19N3O4S2.C8H7BrO2.CH3.BrH.Mg/c1-34-20-9-7-19(8-10-20)18-30(27-28-13-16-37-27)38(32,33)21-11-12-24-25(17-21)36-15-14-29(24)23-6-4-3-5-22(23)26(31)35-2;1-25-15-4-2-14(3-5-15)13-22(19-21-9-11-27-19)28(23,24)16-6-7-17-18(12-16)26-10-8-20-17;1-11-8(10)6-4-2-3-5-7(6)9;;;/h3-13,16-17H,14-15,18H2,1-2H3;2-7,9,11-12,20H,8,10,13H2,1H3;2-5H,1H3;1H3;1H;/q;;;-1;;+2/p-1. The maximum atomic E-state index is 13.9. The molecule has 0 saturated carbocycles. The smallest absolute Gasteiger partial charge is 1.00 e. The molecule has 0 amide bonds. The molecule has 0 saturated heterocycles. The van der Waals surface area contributed by atoms with E-state index in [1.807, 2.05) is 47.4 Å². The van der Waals surface area contributed by atoms with Crippen molar-refractivity contribution in [2.75, 3.05) is 73.6 Å². The van der Waals surface area contributed by atoms with Gasteiger partial charge < -0.3 is 63.0 Å². The van der Waals surface area contributed by atoms with E-state index in [9.17, 15) is 26.4 Å². The third-order valence-electron chi connectivity index (χ3n) is 11.7. The molecule has 4 heterocycles. The van der Waals surface area contributed by atoms with Crippen LogP contribution in [-0.4, -0.2) is 117 Å². The van der Waals surface area contributed by atoms with Gasteiger partial charge in [-0.25, -0.2) is 45.0 Å². The fourth-order valence-electron chi connectivity index (χ4n) is 7.85. The van der Waals surface area contributed by atoms with E-state index in [2.05, 4.69) is 36.0 Å². The number of benzene rings is 6. The molecule has 18 nitrogen and oxygen atoms in total. The first-order valence-electron chi connectivity index (χ1n) is 23.4. The molecule has 80 heavy (non-hydrogen) atoms. The molecular weight excluding hydrogens is 1250 g/mol. The molecule has 10 rings (SSSR count). The molecule has 25 heteroatoms. The van der Waals surface area contributed by atoms with E-state index in [0.717, 1.165) is 21.3 Å². The topological polar surface area (TPSA) is 205 Å². The Morgan fingerprint density at radius 3 is 1.64 bits per heavy atom. The van der Waals surface area contributed by atoms with E-state index < -0.39 is 26.0 Å². The zero-order valence-electron chi connectivity index (χ0n) is 44.0. The summed E-state index contributed by atoms with van der Waals surface area (Å²) in [6.45, 7) is 2.25. The first kappa shape index (κ1) is 64.4. The van der Waals surface area contributed by atoms with Crippen molar-refractivity contribution in [3.8, 4) is 23.0 Å². The summed E-state index contributed by atoms with van der Waals surface area (Å²) in [5.74, 6) is 1.56. The Bertz CT molecular complexity index is 3530. The van der Waals surface area contributed by atoms with Gasteiger partial charge in [0.25, 0.3) is 20.0 Å². The van der Waals surface area contributed by atoms with E-state index in [1.165, 1.54) is 51.6 Å². The molecule has 0 radical (unpaired) electrons. The van der Waals surface area contributed by atoms with Gasteiger partial charge in [0, 0.05) is 46.3 Å². The summed E-state index contributed by atoms with van der Waals surface area (Å²) in [6.07, 6.45) is 3.17. The van der Waals surface area contributed by atoms with E-state index in [0.29, 0.717) is 82.1 Å². The van der Waals surface area contributed by atoms with Crippen LogP contribution in [0.4, 0.5) is 27.3 Å². The second-order valence-electron chi connectivity index (χ2n) is 16.4. The largest absolute Gasteiger partial charge is 2.00 e. The van der Waals surface area contributed by atoms with Crippen LogP contribution in [0, 0.1) is 7.43 Å². The van der Waals surface area contributed by atoms with Crippen LogP contribution in [0.2, 0.25) is 0 Å². The van der Waals surface area contributed by atoms with Crippen LogP contribution in [0.3, 0.4) is 0 Å². The summed E-state index contributed by atoms with van der Waals surface area (Å²) in [7, 11) is -1.96. The van der Waals surface area contributed by atoms with Gasteiger partial charge in [-0.3, -0.25) is 0 Å². The molecule has 0 unspecified atom stereocenters. The number of rotatable bonds is 15. The quantitative estimate of drug-likeness (QED) is 0.0599. The number of nitrogens with zero attached hydrogens (tertiary/aromatic N) is 5. The van der Waals surface area contributed by atoms with Crippen molar-refractivity contribution in [3.63, 3.8) is 0 Å². The SMILES string of the molecule is COC(=O)c1ccccc1Br.COC(=O)c1ccccc1N1CCOc2cc(S(=O)(=O)N(Cc3ccc(OC)cc3)c3nccs3)ccc21.COc1ccc(CN(c2nccs2)S(=O)(=O)c2ccc3c(c2)OCCN3)cc1.[Br-].[CH3-].[Mg+2]. The molecule has 0 spiro atoms. The molecule has 2 aliphatic rings. The minimum atomic E-state index is -4.00. The van der Waals surface area contributed by atoms with Crippen LogP contribution in [0.25, 0.3) is 0 Å². The van der Waals surface area contributed by atoms with E-state index >= 15 is 0 Å². The van der Waals surface area contributed by atoms with Crippen LogP contribution in [0.1, 0.15) is 31.8 Å². The zero-order valence-corrected chi connectivity index (χ0v) is 51.8. The Morgan fingerprint density at radius 2 is 1.12 bits per heavy atom. The molecule has 2 aliphatic heterocycles. The van der Waals surface area contributed by atoms with Crippen molar-refractivity contribution >= 4 is 121 Å². The molecule has 6 aromatic carbocycles.